The highest BCUT2D eigenvalue weighted by Crippen LogP contribution is 2.15. The van der Waals surface area contributed by atoms with Crippen molar-refractivity contribution in [2.45, 2.75) is 20.0 Å². The van der Waals surface area contributed by atoms with Crippen LogP contribution >= 0.6 is 0 Å². The van der Waals surface area contributed by atoms with Gasteiger partial charge in [-0.1, -0.05) is 30.7 Å². The highest BCUT2D eigenvalue weighted by Gasteiger charge is 2.10. The zero-order chi connectivity index (χ0) is 6.85. The molecule has 0 aromatic rings. The molecule has 0 saturated carbocycles. The fourth-order valence-corrected chi connectivity index (χ4v) is 0.894. The molecule has 0 fully saturated rings. The number of aliphatic hydroxyl groups is 1. The van der Waals surface area contributed by atoms with Gasteiger partial charge < -0.3 is 5.11 Å². The molecule has 0 heterocycles. The zero-order valence-electron chi connectivity index (χ0n) is 5.83. The SMILES string of the molecule is CC1=C[C@H](O)C(C)C=C1. The van der Waals surface area contributed by atoms with Crippen molar-refractivity contribution in [1.82, 2.24) is 0 Å². The van der Waals surface area contributed by atoms with Crippen LogP contribution in [0.4, 0.5) is 0 Å². The molecule has 1 nitrogen and oxygen atoms in total. The summed E-state index contributed by atoms with van der Waals surface area (Å²) in [5, 5.41) is 9.22. The van der Waals surface area contributed by atoms with Crippen LogP contribution in [-0.4, -0.2) is 11.2 Å². The van der Waals surface area contributed by atoms with Gasteiger partial charge in [-0.25, -0.2) is 0 Å². The van der Waals surface area contributed by atoms with E-state index in [1.807, 2.05) is 32.1 Å². The van der Waals surface area contributed by atoms with Crippen molar-refractivity contribution < 1.29 is 5.11 Å². The standard InChI is InChI=1S/C8H12O/c1-6-3-4-7(2)8(9)5-6/h3-5,7-9H,1-2H3/t7?,8-/m0/s1. The molecule has 0 saturated heterocycles. The van der Waals surface area contributed by atoms with Gasteiger partial charge in [-0.3, -0.25) is 0 Å². The average molecular weight is 124 g/mol. The lowest BCUT2D eigenvalue weighted by Crippen LogP contribution is -2.15. The van der Waals surface area contributed by atoms with Crippen molar-refractivity contribution in [1.29, 1.82) is 0 Å². The molecule has 0 aliphatic heterocycles. The first-order valence-corrected chi connectivity index (χ1v) is 3.25. The van der Waals surface area contributed by atoms with Gasteiger partial charge in [-0.05, 0) is 6.92 Å². The largest absolute Gasteiger partial charge is 0.388 e. The van der Waals surface area contributed by atoms with Gasteiger partial charge in [0.05, 0.1) is 6.10 Å². The summed E-state index contributed by atoms with van der Waals surface area (Å²) < 4.78 is 0. The number of hydrogen-bond acceptors (Lipinski definition) is 1. The lowest BCUT2D eigenvalue weighted by Gasteiger charge is -2.15. The molecular weight excluding hydrogens is 112 g/mol. The van der Waals surface area contributed by atoms with Crippen molar-refractivity contribution in [3.8, 4) is 0 Å². The number of allylic oxidation sites excluding steroid dienone is 2. The van der Waals surface area contributed by atoms with Crippen LogP contribution in [0.25, 0.3) is 0 Å². The number of hydrogen-bond donors (Lipinski definition) is 1. The molecule has 50 valence electrons. The third-order valence-electron chi connectivity index (χ3n) is 1.64. The van der Waals surface area contributed by atoms with Crippen molar-refractivity contribution in [3.05, 3.63) is 23.8 Å². The maximum atomic E-state index is 9.22. The predicted octanol–water partition coefficient (Wildman–Crippen LogP) is 1.50. The summed E-state index contributed by atoms with van der Waals surface area (Å²) in [7, 11) is 0. The maximum Gasteiger partial charge on any atom is 0.0786 e. The minimum absolute atomic E-state index is 0.269. The molecule has 1 rings (SSSR count). The second kappa shape index (κ2) is 2.36. The Hall–Kier alpha value is -0.560. The molecule has 0 aromatic heterocycles. The first-order valence-electron chi connectivity index (χ1n) is 3.25. The van der Waals surface area contributed by atoms with E-state index in [0.29, 0.717) is 0 Å². The van der Waals surface area contributed by atoms with E-state index in [9.17, 15) is 5.11 Å². The van der Waals surface area contributed by atoms with E-state index in [2.05, 4.69) is 0 Å². The number of rotatable bonds is 0. The Kier molecular flexibility index (Phi) is 1.72. The minimum atomic E-state index is -0.269. The Labute approximate surface area is 55.7 Å². The Bertz CT molecular complexity index is 156. The van der Waals surface area contributed by atoms with Crippen LogP contribution in [0.1, 0.15) is 13.8 Å². The smallest absolute Gasteiger partial charge is 0.0786 e. The van der Waals surface area contributed by atoms with Gasteiger partial charge >= 0.3 is 0 Å². The lowest BCUT2D eigenvalue weighted by atomic mass is 9.96. The van der Waals surface area contributed by atoms with Gasteiger partial charge in [0, 0.05) is 5.92 Å². The topological polar surface area (TPSA) is 20.2 Å². The molecule has 0 bridgehead atoms. The van der Waals surface area contributed by atoms with Crippen LogP contribution in [0, 0.1) is 5.92 Å². The zero-order valence-corrected chi connectivity index (χ0v) is 5.83. The Morgan fingerprint density at radius 2 is 2.22 bits per heavy atom. The first kappa shape index (κ1) is 6.56. The first-order chi connectivity index (χ1) is 4.20. The molecule has 0 spiro atoms. The monoisotopic (exact) mass is 124 g/mol. The van der Waals surface area contributed by atoms with E-state index in [1.165, 1.54) is 0 Å². The molecule has 1 unspecified atom stereocenters. The van der Waals surface area contributed by atoms with Gasteiger partial charge in [0.25, 0.3) is 0 Å². The Morgan fingerprint density at radius 3 is 2.67 bits per heavy atom. The summed E-state index contributed by atoms with van der Waals surface area (Å²) in [5.41, 5.74) is 1.15. The van der Waals surface area contributed by atoms with Gasteiger partial charge in [-0.2, -0.15) is 0 Å². The van der Waals surface area contributed by atoms with Gasteiger partial charge in [-0.15, -0.1) is 0 Å². The van der Waals surface area contributed by atoms with E-state index in [0.717, 1.165) is 5.57 Å². The van der Waals surface area contributed by atoms with Crippen LogP contribution in [-0.2, 0) is 0 Å². The predicted molar refractivity (Wildman–Crippen MR) is 38.1 cm³/mol. The molecule has 1 N–H and O–H groups in total. The summed E-state index contributed by atoms with van der Waals surface area (Å²) in [4.78, 5) is 0. The van der Waals surface area contributed by atoms with Crippen molar-refractivity contribution >= 4 is 0 Å². The highest BCUT2D eigenvalue weighted by molar-refractivity contribution is 5.23. The summed E-state index contributed by atoms with van der Waals surface area (Å²) in [6.07, 6.45) is 5.68. The van der Waals surface area contributed by atoms with Crippen molar-refractivity contribution in [3.63, 3.8) is 0 Å². The molecule has 0 aromatic carbocycles. The van der Waals surface area contributed by atoms with Crippen LogP contribution in [0.15, 0.2) is 23.8 Å². The molecular formula is C8H12O. The second-order valence-electron chi connectivity index (χ2n) is 2.62. The van der Waals surface area contributed by atoms with E-state index < -0.39 is 0 Å². The molecule has 2 atom stereocenters. The van der Waals surface area contributed by atoms with Crippen molar-refractivity contribution in [2.75, 3.05) is 0 Å². The molecule has 0 radical (unpaired) electrons. The molecule has 0 amide bonds. The van der Waals surface area contributed by atoms with Crippen LogP contribution in [0.3, 0.4) is 0 Å². The Balaban J connectivity index is 2.70. The van der Waals surface area contributed by atoms with Crippen LogP contribution in [0.5, 0.6) is 0 Å². The summed E-state index contributed by atoms with van der Waals surface area (Å²) in [5.74, 6) is 0.286. The second-order valence-corrected chi connectivity index (χ2v) is 2.62. The number of aliphatic hydroxyl groups excluding tert-OH is 1. The van der Waals surface area contributed by atoms with Crippen LogP contribution in [0.2, 0.25) is 0 Å². The fraction of sp³-hybridized carbons (Fsp3) is 0.500. The lowest BCUT2D eigenvalue weighted by molar-refractivity contribution is 0.183. The molecule has 1 aliphatic carbocycles. The molecule has 1 heteroatoms. The maximum absolute atomic E-state index is 9.22. The average Bonchev–Trinajstić information content (AvgIpc) is 1.80. The van der Waals surface area contributed by atoms with Gasteiger partial charge in [0.15, 0.2) is 0 Å². The molecule has 9 heavy (non-hydrogen) atoms. The van der Waals surface area contributed by atoms with E-state index in [4.69, 9.17) is 0 Å². The van der Waals surface area contributed by atoms with Gasteiger partial charge in [0.2, 0.25) is 0 Å². The Morgan fingerprint density at radius 1 is 1.56 bits per heavy atom. The van der Waals surface area contributed by atoms with Crippen LogP contribution < -0.4 is 0 Å². The van der Waals surface area contributed by atoms with E-state index in [-0.39, 0.29) is 12.0 Å². The third-order valence-corrected chi connectivity index (χ3v) is 1.64. The fourth-order valence-electron chi connectivity index (χ4n) is 0.894. The summed E-state index contributed by atoms with van der Waals surface area (Å²) >= 11 is 0. The molecule has 1 aliphatic rings. The van der Waals surface area contributed by atoms with E-state index >= 15 is 0 Å². The van der Waals surface area contributed by atoms with Crippen molar-refractivity contribution in [2.24, 2.45) is 5.92 Å². The highest BCUT2D eigenvalue weighted by atomic mass is 16.3. The third kappa shape index (κ3) is 1.42. The summed E-state index contributed by atoms with van der Waals surface area (Å²) in [6.45, 7) is 4.00. The minimum Gasteiger partial charge on any atom is -0.388 e. The normalized spacial score (nSPS) is 34.3. The van der Waals surface area contributed by atoms with Gasteiger partial charge in [0.1, 0.15) is 0 Å². The quantitative estimate of drug-likeness (QED) is 0.519. The summed E-state index contributed by atoms with van der Waals surface area (Å²) in [6, 6.07) is 0. The van der Waals surface area contributed by atoms with E-state index in [1.54, 1.807) is 0 Å².